The molecule has 2 unspecified atom stereocenters. The van der Waals surface area contributed by atoms with Gasteiger partial charge in [0.1, 0.15) is 5.82 Å². The lowest BCUT2D eigenvalue weighted by Gasteiger charge is -2.38. The Labute approximate surface area is 115 Å². The first-order valence-corrected chi connectivity index (χ1v) is 7.16. The number of piperidine rings is 1. The lowest BCUT2D eigenvalue weighted by molar-refractivity contribution is 0.0280. The predicted molar refractivity (Wildman–Crippen MR) is 75.3 cm³/mol. The summed E-state index contributed by atoms with van der Waals surface area (Å²) in [5, 5.41) is 10.0. The second-order valence-corrected chi connectivity index (χ2v) is 5.33. The number of hydrogen-bond acceptors (Lipinski definition) is 2. The summed E-state index contributed by atoms with van der Waals surface area (Å²) in [5.41, 5.74) is 1.15. The van der Waals surface area contributed by atoms with E-state index in [1.54, 1.807) is 0 Å². The highest BCUT2D eigenvalue weighted by Crippen LogP contribution is 2.21. The molecule has 1 aliphatic heterocycles. The molecule has 1 radical (unpaired) electrons. The van der Waals surface area contributed by atoms with Gasteiger partial charge in [-0.15, -0.1) is 0 Å². The van der Waals surface area contributed by atoms with Gasteiger partial charge >= 0.3 is 0 Å². The first-order chi connectivity index (χ1) is 9.20. The van der Waals surface area contributed by atoms with Crippen LogP contribution in [0.25, 0.3) is 0 Å². The molecule has 0 aliphatic carbocycles. The van der Waals surface area contributed by atoms with Gasteiger partial charge < -0.3 is 5.11 Å². The monoisotopic (exact) mass is 264 g/mol. The van der Waals surface area contributed by atoms with E-state index < -0.39 is 0 Å². The molecule has 0 bridgehead atoms. The van der Waals surface area contributed by atoms with Crippen molar-refractivity contribution in [3.8, 4) is 0 Å². The minimum absolute atomic E-state index is 0.188. The molecule has 1 fully saturated rings. The van der Waals surface area contributed by atoms with Crippen molar-refractivity contribution in [1.82, 2.24) is 4.90 Å². The number of rotatable bonds is 5. The summed E-state index contributed by atoms with van der Waals surface area (Å²) >= 11 is 0. The van der Waals surface area contributed by atoms with E-state index in [9.17, 15) is 9.50 Å². The largest absolute Gasteiger partial charge is 0.391 e. The minimum Gasteiger partial charge on any atom is -0.391 e. The topological polar surface area (TPSA) is 23.5 Å². The number of nitrogens with zero attached hydrogens (tertiary/aromatic N) is 1. The number of aliphatic hydroxyl groups excluding tert-OH is 1. The minimum atomic E-state index is -0.325. The Hall–Kier alpha value is -0.930. The van der Waals surface area contributed by atoms with Crippen molar-refractivity contribution in [1.29, 1.82) is 0 Å². The number of likely N-dealkylation sites (tertiary alicyclic amines) is 1. The second kappa shape index (κ2) is 7.01. The average Bonchev–Trinajstić information content (AvgIpc) is 2.46. The van der Waals surface area contributed by atoms with E-state index in [1.807, 2.05) is 12.1 Å². The van der Waals surface area contributed by atoms with Crippen LogP contribution < -0.4 is 0 Å². The fraction of sp³-hybridized carbons (Fsp3) is 0.562. The van der Waals surface area contributed by atoms with Gasteiger partial charge in [0, 0.05) is 12.6 Å². The maximum absolute atomic E-state index is 12.8. The first-order valence-electron chi connectivity index (χ1n) is 7.16. The van der Waals surface area contributed by atoms with E-state index in [1.165, 1.54) is 25.0 Å². The molecule has 1 N–H and O–H groups in total. The Bertz CT molecular complexity index is 379. The van der Waals surface area contributed by atoms with E-state index in [-0.39, 0.29) is 18.0 Å². The van der Waals surface area contributed by atoms with E-state index in [0.717, 1.165) is 31.5 Å². The highest BCUT2D eigenvalue weighted by atomic mass is 19.1. The maximum Gasteiger partial charge on any atom is 0.123 e. The van der Waals surface area contributed by atoms with Crippen LogP contribution >= 0.6 is 0 Å². The van der Waals surface area contributed by atoms with Gasteiger partial charge in [-0.25, -0.2) is 4.39 Å². The van der Waals surface area contributed by atoms with Crippen LogP contribution in [0, 0.1) is 12.7 Å². The van der Waals surface area contributed by atoms with E-state index in [0.29, 0.717) is 6.42 Å². The van der Waals surface area contributed by atoms with Crippen molar-refractivity contribution in [2.75, 3.05) is 13.1 Å². The van der Waals surface area contributed by atoms with E-state index in [4.69, 9.17) is 0 Å². The lowest BCUT2D eigenvalue weighted by Crippen LogP contribution is -2.47. The van der Waals surface area contributed by atoms with Crippen molar-refractivity contribution in [3.05, 3.63) is 42.6 Å². The lowest BCUT2D eigenvalue weighted by atomic mass is 9.95. The van der Waals surface area contributed by atoms with Gasteiger partial charge in [-0.2, -0.15) is 0 Å². The SMILES string of the molecule is [CH2]CC(O)C1CCCCN1CCc1ccc(F)cc1. The van der Waals surface area contributed by atoms with E-state index >= 15 is 0 Å². The molecule has 19 heavy (non-hydrogen) atoms. The van der Waals surface area contributed by atoms with Gasteiger partial charge in [0.25, 0.3) is 0 Å². The van der Waals surface area contributed by atoms with Crippen LogP contribution in [0.3, 0.4) is 0 Å². The van der Waals surface area contributed by atoms with Crippen LogP contribution in [0.5, 0.6) is 0 Å². The third-order valence-corrected chi connectivity index (χ3v) is 4.01. The molecule has 0 saturated carbocycles. The third kappa shape index (κ3) is 4.02. The molecule has 1 aromatic rings. The molecule has 1 saturated heterocycles. The highest BCUT2D eigenvalue weighted by molar-refractivity contribution is 5.16. The molecule has 0 aromatic heterocycles. The molecular formula is C16H23FNO. The van der Waals surface area contributed by atoms with Crippen LogP contribution in [-0.4, -0.2) is 35.2 Å². The summed E-state index contributed by atoms with van der Waals surface area (Å²) in [4.78, 5) is 2.36. The van der Waals surface area contributed by atoms with Crippen molar-refractivity contribution >= 4 is 0 Å². The maximum atomic E-state index is 12.8. The van der Waals surface area contributed by atoms with Gasteiger partial charge in [0.2, 0.25) is 0 Å². The molecular weight excluding hydrogens is 241 g/mol. The number of aliphatic hydroxyl groups is 1. The van der Waals surface area contributed by atoms with Crippen LogP contribution in [0.15, 0.2) is 24.3 Å². The zero-order valence-corrected chi connectivity index (χ0v) is 11.4. The van der Waals surface area contributed by atoms with E-state index in [2.05, 4.69) is 11.8 Å². The van der Waals surface area contributed by atoms with Gasteiger partial charge in [0.05, 0.1) is 6.10 Å². The standard InChI is InChI=1S/C16H23FNO/c1-2-16(19)15-5-3-4-11-18(15)12-10-13-6-8-14(17)9-7-13/h6-9,15-16,19H,1-5,10-12H2. The molecule has 2 nitrogen and oxygen atoms in total. The summed E-state index contributed by atoms with van der Waals surface area (Å²) < 4.78 is 12.8. The normalized spacial score (nSPS) is 22.4. The van der Waals surface area contributed by atoms with Crippen LogP contribution in [0.1, 0.15) is 31.2 Å². The van der Waals surface area contributed by atoms with Crippen LogP contribution in [0.2, 0.25) is 0 Å². The summed E-state index contributed by atoms with van der Waals surface area (Å²) in [5.74, 6) is -0.188. The molecule has 2 rings (SSSR count). The molecule has 2 atom stereocenters. The molecule has 0 amide bonds. The Morgan fingerprint density at radius 1 is 1.32 bits per heavy atom. The van der Waals surface area contributed by atoms with Gasteiger partial charge in [-0.05, 0) is 49.9 Å². The van der Waals surface area contributed by atoms with Crippen molar-refractivity contribution in [2.24, 2.45) is 0 Å². The summed E-state index contributed by atoms with van der Waals surface area (Å²) in [7, 11) is 0. The number of halogens is 1. The van der Waals surface area contributed by atoms with Crippen LogP contribution in [0.4, 0.5) is 4.39 Å². The number of benzene rings is 1. The number of hydrogen-bond donors (Lipinski definition) is 1. The quantitative estimate of drug-likeness (QED) is 0.884. The van der Waals surface area contributed by atoms with Gasteiger partial charge in [-0.3, -0.25) is 4.90 Å². The fourth-order valence-electron chi connectivity index (χ4n) is 2.85. The fourth-order valence-corrected chi connectivity index (χ4v) is 2.85. The first kappa shape index (κ1) is 14.5. The molecule has 3 heteroatoms. The Kier molecular flexibility index (Phi) is 5.34. The Balaban J connectivity index is 1.90. The van der Waals surface area contributed by atoms with Crippen molar-refractivity contribution in [2.45, 2.75) is 44.2 Å². The average molecular weight is 264 g/mol. The van der Waals surface area contributed by atoms with Gasteiger partial charge in [-0.1, -0.05) is 25.5 Å². The predicted octanol–water partition coefficient (Wildman–Crippen LogP) is 2.81. The molecule has 1 aliphatic rings. The Morgan fingerprint density at radius 3 is 2.74 bits per heavy atom. The van der Waals surface area contributed by atoms with Gasteiger partial charge in [0.15, 0.2) is 0 Å². The zero-order valence-electron chi connectivity index (χ0n) is 11.4. The Morgan fingerprint density at radius 2 is 2.05 bits per heavy atom. The molecule has 1 aromatic carbocycles. The highest BCUT2D eigenvalue weighted by Gasteiger charge is 2.27. The van der Waals surface area contributed by atoms with Crippen molar-refractivity contribution in [3.63, 3.8) is 0 Å². The third-order valence-electron chi connectivity index (χ3n) is 4.01. The molecule has 105 valence electrons. The second-order valence-electron chi connectivity index (χ2n) is 5.33. The summed E-state index contributed by atoms with van der Waals surface area (Å²) in [6.45, 7) is 5.77. The van der Waals surface area contributed by atoms with Crippen LogP contribution in [-0.2, 0) is 6.42 Å². The summed E-state index contributed by atoms with van der Waals surface area (Å²) in [6.07, 6.45) is 4.59. The smallest absolute Gasteiger partial charge is 0.123 e. The summed E-state index contributed by atoms with van der Waals surface area (Å²) in [6, 6.07) is 6.94. The van der Waals surface area contributed by atoms with Crippen molar-refractivity contribution < 1.29 is 9.50 Å². The molecule has 1 heterocycles. The zero-order chi connectivity index (χ0) is 13.7. The molecule has 0 spiro atoms.